The standard InChI is InChI=1S/C15H26N2O4/c1-11-8-17(9-12(2)21-11)15(20)16-7-3-4-13(10-16)5-6-14(18)19/h11-13H,3-10H2,1-2H3,(H,18,19)/t11-,12+,13?. The maximum Gasteiger partial charge on any atom is 0.320 e. The Balaban J connectivity index is 1.87. The average Bonchev–Trinajstić information content (AvgIpc) is 2.43. The van der Waals surface area contributed by atoms with Crippen LogP contribution < -0.4 is 0 Å². The highest BCUT2D eigenvalue weighted by atomic mass is 16.5. The van der Waals surface area contributed by atoms with Gasteiger partial charge in [-0.1, -0.05) is 0 Å². The molecule has 21 heavy (non-hydrogen) atoms. The highest BCUT2D eigenvalue weighted by Gasteiger charge is 2.31. The van der Waals surface area contributed by atoms with Gasteiger partial charge in [-0.25, -0.2) is 4.79 Å². The van der Waals surface area contributed by atoms with Crippen molar-refractivity contribution in [2.24, 2.45) is 5.92 Å². The van der Waals surface area contributed by atoms with Gasteiger partial charge in [-0.2, -0.15) is 0 Å². The minimum Gasteiger partial charge on any atom is -0.481 e. The lowest BCUT2D eigenvalue weighted by atomic mass is 9.93. The molecule has 2 saturated heterocycles. The predicted octanol–water partition coefficient (Wildman–Crippen LogP) is 1.79. The fraction of sp³-hybridized carbons (Fsp3) is 0.867. The number of rotatable bonds is 3. The molecule has 2 amide bonds. The van der Waals surface area contributed by atoms with Crippen LogP contribution in [0.25, 0.3) is 0 Å². The van der Waals surface area contributed by atoms with Crippen LogP contribution in [0.1, 0.15) is 39.5 Å². The van der Waals surface area contributed by atoms with Gasteiger partial charge in [-0.3, -0.25) is 4.79 Å². The molecule has 0 spiro atoms. The Kier molecular flexibility index (Phi) is 5.45. The van der Waals surface area contributed by atoms with Crippen LogP contribution in [-0.4, -0.2) is 65.3 Å². The minimum absolute atomic E-state index is 0.0743. The van der Waals surface area contributed by atoms with Crippen molar-refractivity contribution in [2.45, 2.75) is 51.7 Å². The number of carbonyl (C=O) groups is 2. The molecule has 0 aromatic carbocycles. The average molecular weight is 298 g/mol. The minimum atomic E-state index is -0.755. The van der Waals surface area contributed by atoms with E-state index in [0.717, 1.165) is 19.4 Å². The molecule has 2 aliphatic heterocycles. The molecule has 0 aliphatic carbocycles. The summed E-state index contributed by atoms with van der Waals surface area (Å²) in [6.07, 6.45) is 2.99. The first-order valence-electron chi connectivity index (χ1n) is 7.86. The van der Waals surface area contributed by atoms with Crippen molar-refractivity contribution < 1.29 is 19.4 Å². The Morgan fingerprint density at radius 2 is 1.81 bits per heavy atom. The normalized spacial score (nSPS) is 30.3. The van der Waals surface area contributed by atoms with Crippen LogP contribution in [-0.2, 0) is 9.53 Å². The van der Waals surface area contributed by atoms with E-state index in [1.165, 1.54) is 0 Å². The van der Waals surface area contributed by atoms with E-state index in [9.17, 15) is 9.59 Å². The number of aliphatic carboxylic acids is 1. The van der Waals surface area contributed by atoms with Crippen molar-refractivity contribution >= 4 is 12.0 Å². The van der Waals surface area contributed by atoms with E-state index in [1.807, 2.05) is 23.6 Å². The van der Waals surface area contributed by atoms with Crippen molar-refractivity contribution in [3.8, 4) is 0 Å². The highest BCUT2D eigenvalue weighted by molar-refractivity contribution is 5.74. The van der Waals surface area contributed by atoms with Crippen molar-refractivity contribution in [3.05, 3.63) is 0 Å². The van der Waals surface area contributed by atoms with E-state index in [0.29, 0.717) is 32.0 Å². The summed E-state index contributed by atoms with van der Waals surface area (Å²) in [5, 5.41) is 8.78. The fourth-order valence-electron chi connectivity index (χ4n) is 3.34. The molecule has 0 aromatic heterocycles. The summed E-state index contributed by atoms with van der Waals surface area (Å²) in [7, 11) is 0. The molecule has 0 bridgehead atoms. The first-order valence-corrected chi connectivity index (χ1v) is 7.86. The number of carbonyl (C=O) groups excluding carboxylic acids is 1. The summed E-state index contributed by atoms with van der Waals surface area (Å²) < 4.78 is 5.66. The molecule has 0 saturated carbocycles. The van der Waals surface area contributed by atoms with Gasteiger partial charge in [0.2, 0.25) is 0 Å². The smallest absolute Gasteiger partial charge is 0.320 e. The number of carboxylic acids is 1. The van der Waals surface area contributed by atoms with E-state index < -0.39 is 5.97 Å². The fourth-order valence-corrected chi connectivity index (χ4v) is 3.34. The van der Waals surface area contributed by atoms with Crippen LogP contribution in [0.5, 0.6) is 0 Å². The Hall–Kier alpha value is -1.30. The molecule has 0 radical (unpaired) electrons. The topological polar surface area (TPSA) is 70.1 Å². The van der Waals surface area contributed by atoms with Crippen molar-refractivity contribution in [3.63, 3.8) is 0 Å². The highest BCUT2D eigenvalue weighted by Crippen LogP contribution is 2.23. The van der Waals surface area contributed by atoms with Gasteiger partial charge in [0, 0.05) is 32.6 Å². The number of morpholine rings is 1. The number of piperidine rings is 1. The lowest BCUT2D eigenvalue weighted by Crippen LogP contribution is -2.54. The SMILES string of the molecule is C[C@@H]1CN(C(=O)N2CCCC(CCC(=O)O)C2)C[C@H](C)O1. The number of nitrogens with zero attached hydrogens (tertiary/aromatic N) is 2. The number of amides is 2. The maximum absolute atomic E-state index is 12.6. The Labute approximate surface area is 126 Å². The summed E-state index contributed by atoms with van der Waals surface area (Å²) in [5.41, 5.74) is 0. The first-order chi connectivity index (χ1) is 9.95. The van der Waals surface area contributed by atoms with Crippen LogP contribution in [0.3, 0.4) is 0 Å². The zero-order valence-corrected chi connectivity index (χ0v) is 13.0. The van der Waals surface area contributed by atoms with Crippen LogP contribution in [0.4, 0.5) is 4.79 Å². The molecule has 1 unspecified atom stereocenters. The number of ether oxygens (including phenoxy) is 1. The lowest BCUT2D eigenvalue weighted by Gasteiger charge is -2.40. The summed E-state index contributed by atoms with van der Waals surface area (Å²) in [4.78, 5) is 27.0. The largest absolute Gasteiger partial charge is 0.481 e. The zero-order chi connectivity index (χ0) is 15.4. The Morgan fingerprint density at radius 3 is 2.43 bits per heavy atom. The number of hydrogen-bond acceptors (Lipinski definition) is 3. The van der Waals surface area contributed by atoms with E-state index in [1.54, 1.807) is 0 Å². The van der Waals surface area contributed by atoms with Crippen LogP contribution in [0, 0.1) is 5.92 Å². The third-order valence-corrected chi connectivity index (χ3v) is 4.25. The zero-order valence-electron chi connectivity index (χ0n) is 13.0. The van der Waals surface area contributed by atoms with Gasteiger partial charge < -0.3 is 19.6 Å². The summed E-state index contributed by atoms with van der Waals surface area (Å²) in [5.74, 6) is -0.441. The Morgan fingerprint density at radius 1 is 1.14 bits per heavy atom. The van der Waals surface area contributed by atoms with Crippen molar-refractivity contribution in [1.29, 1.82) is 0 Å². The summed E-state index contributed by atoms with van der Waals surface area (Å²) in [6.45, 7) is 6.72. The molecule has 2 aliphatic rings. The van der Waals surface area contributed by atoms with Crippen LogP contribution in [0.2, 0.25) is 0 Å². The van der Waals surface area contributed by atoms with Gasteiger partial charge in [0.25, 0.3) is 0 Å². The van der Waals surface area contributed by atoms with E-state index in [-0.39, 0.29) is 24.7 Å². The molecule has 1 N–H and O–H groups in total. The number of urea groups is 1. The van der Waals surface area contributed by atoms with E-state index in [2.05, 4.69) is 0 Å². The number of likely N-dealkylation sites (tertiary alicyclic amines) is 1. The van der Waals surface area contributed by atoms with Gasteiger partial charge in [-0.05, 0) is 39.0 Å². The van der Waals surface area contributed by atoms with Gasteiger partial charge in [-0.15, -0.1) is 0 Å². The second kappa shape index (κ2) is 7.11. The van der Waals surface area contributed by atoms with Gasteiger partial charge in [0.05, 0.1) is 12.2 Å². The third-order valence-electron chi connectivity index (χ3n) is 4.25. The van der Waals surface area contributed by atoms with E-state index in [4.69, 9.17) is 9.84 Å². The quantitative estimate of drug-likeness (QED) is 0.862. The second-order valence-corrected chi connectivity index (χ2v) is 6.33. The van der Waals surface area contributed by atoms with Gasteiger partial charge >= 0.3 is 12.0 Å². The molecule has 0 aromatic rings. The second-order valence-electron chi connectivity index (χ2n) is 6.33. The predicted molar refractivity (Wildman–Crippen MR) is 78.1 cm³/mol. The van der Waals surface area contributed by atoms with Crippen molar-refractivity contribution in [2.75, 3.05) is 26.2 Å². The monoisotopic (exact) mass is 298 g/mol. The molecular formula is C15H26N2O4. The molecule has 6 nitrogen and oxygen atoms in total. The van der Waals surface area contributed by atoms with Crippen LogP contribution >= 0.6 is 0 Å². The van der Waals surface area contributed by atoms with Crippen LogP contribution in [0.15, 0.2) is 0 Å². The first kappa shape index (κ1) is 16.1. The third kappa shape index (κ3) is 4.59. The molecule has 3 atom stereocenters. The molecule has 2 fully saturated rings. The molecule has 6 heteroatoms. The molecule has 2 heterocycles. The molecule has 120 valence electrons. The summed E-state index contributed by atoms with van der Waals surface area (Å²) >= 11 is 0. The molecular weight excluding hydrogens is 272 g/mol. The van der Waals surface area contributed by atoms with Gasteiger partial charge in [0.1, 0.15) is 0 Å². The maximum atomic E-state index is 12.6. The number of carboxylic acid groups (broad SMARTS) is 1. The summed E-state index contributed by atoms with van der Waals surface area (Å²) in [6, 6.07) is 0.0806. The van der Waals surface area contributed by atoms with Gasteiger partial charge in [0.15, 0.2) is 0 Å². The number of hydrogen-bond donors (Lipinski definition) is 1. The molecule has 2 rings (SSSR count). The van der Waals surface area contributed by atoms with Crippen molar-refractivity contribution in [1.82, 2.24) is 9.80 Å². The van der Waals surface area contributed by atoms with E-state index >= 15 is 0 Å². The lowest BCUT2D eigenvalue weighted by molar-refractivity contribution is -0.137. The Bertz CT molecular complexity index is 378.